The Balaban J connectivity index is 1.93. The van der Waals surface area contributed by atoms with Gasteiger partial charge in [0.1, 0.15) is 17.6 Å². The zero-order chi connectivity index (χ0) is 17.3. The van der Waals surface area contributed by atoms with Crippen molar-refractivity contribution in [3.05, 3.63) is 52.7 Å². The van der Waals surface area contributed by atoms with Gasteiger partial charge in [0, 0.05) is 25.1 Å². The van der Waals surface area contributed by atoms with E-state index in [9.17, 15) is 13.6 Å². The third kappa shape index (κ3) is 3.17. The summed E-state index contributed by atoms with van der Waals surface area (Å²) in [6.45, 7) is 0.731. The lowest BCUT2D eigenvalue weighted by atomic mass is 9.88. The molecule has 5 nitrogen and oxygen atoms in total. The molecule has 24 heavy (non-hydrogen) atoms. The monoisotopic (exact) mass is 354 g/mol. The highest BCUT2D eigenvalue weighted by Crippen LogP contribution is 2.36. The summed E-state index contributed by atoms with van der Waals surface area (Å²) in [5.74, 6) is -1.84. The van der Waals surface area contributed by atoms with E-state index in [0.717, 1.165) is 6.07 Å². The molecule has 1 saturated heterocycles. The van der Waals surface area contributed by atoms with Crippen LogP contribution in [0.4, 0.5) is 14.6 Å². The molecule has 1 aliphatic heterocycles. The summed E-state index contributed by atoms with van der Waals surface area (Å²) in [6.07, 6.45) is 0. The maximum Gasteiger partial charge on any atom is 0.488 e. The second-order valence-corrected chi connectivity index (χ2v) is 5.93. The average Bonchev–Trinajstić information content (AvgIpc) is 2.99. The minimum atomic E-state index is -0.655. The lowest BCUT2D eigenvalue weighted by molar-refractivity contribution is 0.311. The van der Waals surface area contributed by atoms with E-state index in [4.69, 9.17) is 16.3 Å². The Morgan fingerprint density at radius 2 is 2.04 bits per heavy atom. The molecular weight excluding hydrogens is 340 g/mol. The van der Waals surface area contributed by atoms with Crippen molar-refractivity contribution in [1.29, 1.82) is 0 Å². The summed E-state index contributed by atoms with van der Waals surface area (Å²) in [6, 6.07) is 6.72. The van der Waals surface area contributed by atoms with Gasteiger partial charge in [-0.25, -0.2) is 8.78 Å². The van der Waals surface area contributed by atoms with E-state index in [1.807, 2.05) is 4.90 Å². The number of methoxy groups -OCH3 is 1. The number of anilines is 1. The molecule has 2 atom stereocenters. The second-order valence-electron chi connectivity index (χ2n) is 5.54. The molecule has 1 aromatic carbocycles. The molecule has 2 heterocycles. The van der Waals surface area contributed by atoms with E-state index < -0.39 is 23.5 Å². The molecule has 0 amide bonds. The SMILES string of the molecule is COC(=[OH+])[C@@H]1CN(c2ccc(Cl)nn2)C[C@H]1c1ccc(F)cc1F. The second kappa shape index (κ2) is 6.68. The first-order chi connectivity index (χ1) is 11.5. The molecule has 1 aromatic heterocycles. The molecule has 0 spiro atoms. The molecule has 3 rings (SSSR count). The molecule has 126 valence electrons. The molecule has 0 saturated carbocycles. The van der Waals surface area contributed by atoms with Gasteiger partial charge in [0.2, 0.25) is 0 Å². The minimum Gasteiger partial charge on any atom is -0.353 e. The standard InChI is InChI=1S/C16H14ClF2N3O2/c1-24-16(23)12-8-22(15-5-4-14(17)20-21-15)7-11(12)10-3-2-9(18)6-13(10)19/h2-6,11-12H,7-8H2,1H3/p+1/t11-,12+/m0/s1. The maximum absolute atomic E-state index is 14.2. The summed E-state index contributed by atoms with van der Waals surface area (Å²) in [7, 11) is 1.35. The lowest BCUT2D eigenvalue weighted by Gasteiger charge is -2.16. The highest BCUT2D eigenvalue weighted by atomic mass is 35.5. The summed E-state index contributed by atoms with van der Waals surface area (Å²) in [5, 5.41) is 8.06. The van der Waals surface area contributed by atoms with Gasteiger partial charge in [-0.15, -0.1) is 10.2 Å². The predicted molar refractivity (Wildman–Crippen MR) is 85.8 cm³/mol. The molecule has 0 radical (unpaired) electrons. The van der Waals surface area contributed by atoms with E-state index in [1.54, 1.807) is 12.1 Å². The molecule has 0 unspecified atom stereocenters. The minimum absolute atomic E-state index is 0.201. The van der Waals surface area contributed by atoms with Crippen molar-refractivity contribution in [3.63, 3.8) is 0 Å². The van der Waals surface area contributed by atoms with E-state index in [-0.39, 0.29) is 11.1 Å². The van der Waals surface area contributed by atoms with Crippen molar-refractivity contribution >= 4 is 23.4 Å². The molecule has 1 fully saturated rings. The number of ether oxygens (including phenoxy) is 1. The number of esters is 1. The molecule has 0 bridgehead atoms. The van der Waals surface area contributed by atoms with E-state index in [1.165, 1.54) is 19.2 Å². The Morgan fingerprint density at radius 3 is 2.67 bits per heavy atom. The molecule has 2 aromatic rings. The number of hydrogen-bond donors (Lipinski definition) is 0. The van der Waals surface area contributed by atoms with Crippen molar-refractivity contribution in [2.24, 2.45) is 5.92 Å². The Kier molecular flexibility index (Phi) is 4.62. The van der Waals surface area contributed by atoms with Crippen LogP contribution in [0, 0.1) is 17.6 Å². The van der Waals surface area contributed by atoms with Gasteiger partial charge in [0.25, 0.3) is 0 Å². The Bertz CT molecular complexity index is 757. The van der Waals surface area contributed by atoms with E-state index in [0.29, 0.717) is 24.5 Å². The number of benzene rings is 1. The highest BCUT2D eigenvalue weighted by Gasteiger charge is 2.44. The van der Waals surface area contributed by atoms with Crippen LogP contribution in [0.25, 0.3) is 0 Å². The lowest BCUT2D eigenvalue weighted by Crippen LogP contribution is -2.25. The van der Waals surface area contributed by atoms with Crippen molar-refractivity contribution in [3.8, 4) is 0 Å². The zero-order valence-corrected chi connectivity index (χ0v) is 13.5. The van der Waals surface area contributed by atoms with Crippen molar-refractivity contribution in [1.82, 2.24) is 10.2 Å². The first-order valence-electron chi connectivity index (χ1n) is 7.28. The Labute approximate surface area is 142 Å². The molecule has 1 aliphatic rings. The van der Waals surface area contributed by atoms with Gasteiger partial charge >= 0.3 is 5.97 Å². The summed E-state index contributed by atoms with van der Waals surface area (Å²) >= 11 is 5.74. The Hall–Kier alpha value is -2.28. The fourth-order valence-electron chi connectivity index (χ4n) is 2.99. The first-order valence-corrected chi connectivity index (χ1v) is 7.66. The summed E-state index contributed by atoms with van der Waals surface area (Å²) in [4.78, 5) is 11.9. The van der Waals surface area contributed by atoms with Crippen LogP contribution in [0.5, 0.6) is 0 Å². The van der Waals surface area contributed by atoms with Crippen LogP contribution in [0.1, 0.15) is 11.5 Å². The van der Waals surface area contributed by atoms with Crippen molar-refractivity contribution in [2.75, 3.05) is 25.1 Å². The third-order valence-electron chi connectivity index (χ3n) is 4.15. The molecule has 0 aliphatic carbocycles. The van der Waals surface area contributed by atoms with Crippen molar-refractivity contribution in [2.45, 2.75) is 5.92 Å². The van der Waals surface area contributed by atoms with Crippen LogP contribution in [-0.4, -0.2) is 41.2 Å². The fourth-order valence-corrected chi connectivity index (χ4v) is 3.09. The largest absolute Gasteiger partial charge is 0.488 e. The van der Waals surface area contributed by atoms with Gasteiger partial charge < -0.3 is 14.4 Å². The fraction of sp³-hybridized carbons (Fsp3) is 0.312. The van der Waals surface area contributed by atoms with Gasteiger partial charge in [0.15, 0.2) is 18.1 Å². The van der Waals surface area contributed by atoms with Gasteiger partial charge in [-0.3, -0.25) is 0 Å². The first kappa shape index (κ1) is 16.6. The molecule has 1 N–H and O–H groups in total. The zero-order valence-electron chi connectivity index (χ0n) is 12.8. The average molecular weight is 355 g/mol. The van der Waals surface area contributed by atoms with Crippen LogP contribution in [-0.2, 0) is 4.74 Å². The predicted octanol–water partition coefficient (Wildman–Crippen LogP) is 2.78. The number of nitrogens with zero attached hydrogens (tertiary/aromatic N) is 3. The normalized spacial score (nSPS) is 20.2. The van der Waals surface area contributed by atoms with Crippen molar-refractivity contribution < 1.29 is 18.3 Å². The summed E-state index contributed by atoms with van der Waals surface area (Å²) in [5.41, 5.74) is 0.314. The number of carbonyl (C=O) groups excluding carboxylic acids is 1. The van der Waals surface area contributed by atoms with Crippen LogP contribution in [0.3, 0.4) is 0 Å². The molecule has 8 heteroatoms. The van der Waals surface area contributed by atoms with Crippen LogP contribution >= 0.6 is 11.6 Å². The quantitative estimate of drug-likeness (QED) is 0.628. The van der Waals surface area contributed by atoms with Gasteiger partial charge in [-0.2, -0.15) is 0 Å². The number of aromatic nitrogens is 2. The highest BCUT2D eigenvalue weighted by molar-refractivity contribution is 6.29. The van der Waals surface area contributed by atoms with E-state index in [2.05, 4.69) is 10.2 Å². The number of rotatable bonds is 3. The third-order valence-corrected chi connectivity index (χ3v) is 4.35. The van der Waals surface area contributed by atoms with Gasteiger partial charge in [-0.05, 0) is 23.8 Å². The van der Waals surface area contributed by atoms with Crippen LogP contribution in [0.2, 0.25) is 5.15 Å². The van der Waals surface area contributed by atoms with Crippen LogP contribution < -0.4 is 4.90 Å². The Morgan fingerprint density at radius 1 is 1.25 bits per heavy atom. The van der Waals surface area contributed by atoms with Gasteiger partial charge in [-0.1, -0.05) is 17.7 Å². The smallest absolute Gasteiger partial charge is 0.353 e. The summed E-state index contributed by atoms with van der Waals surface area (Å²) < 4.78 is 32.3. The maximum atomic E-state index is 14.2. The van der Waals surface area contributed by atoms with Gasteiger partial charge in [0.05, 0.1) is 0 Å². The van der Waals surface area contributed by atoms with E-state index >= 15 is 0 Å². The number of halogens is 3. The topological polar surface area (TPSA) is 59.6 Å². The molecular formula is C16H15ClF2N3O2+. The van der Waals surface area contributed by atoms with Crippen LogP contribution in [0.15, 0.2) is 30.3 Å². The number of hydrogen-bond acceptors (Lipinski definition) is 4.